The number of aliphatic imine (C=N–C) groups is 1. The Labute approximate surface area is 187 Å². The van der Waals surface area contributed by atoms with Gasteiger partial charge in [-0.3, -0.25) is 9.79 Å². The molecule has 0 bridgehead atoms. The van der Waals surface area contributed by atoms with E-state index in [2.05, 4.69) is 17.2 Å². The fourth-order valence-electron chi connectivity index (χ4n) is 3.39. The third-order valence-corrected chi connectivity index (χ3v) is 4.91. The van der Waals surface area contributed by atoms with Crippen molar-refractivity contribution >= 4 is 35.8 Å². The average molecular weight is 526 g/mol. The van der Waals surface area contributed by atoms with Crippen molar-refractivity contribution in [2.24, 2.45) is 10.9 Å². The van der Waals surface area contributed by atoms with Gasteiger partial charge in [0.05, 0.1) is 5.56 Å². The van der Waals surface area contributed by atoms with Crippen LogP contribution in [0.15, 0.2) is 29.3 Å². The molecule has 1 fully saturated rings. The summed E-state index contributed by atoms with van der Waals surface area (Å²) >= 11 is 0. The van der Waals surface area contributed by atoms with Gasteiger partial charge in [-0.25, -0.2) is 0 Å². The molecule has 0 radical (unpaired) electrons. The average Bonchev–Trinajstić information content (AvgIpc) is 2.64. The van der Waals surface area contributed by atoms with Crippen LogP contribution in [-0.2, 0) is 17.5 Å². The molecule has 2 rings (SSSR count). The number of likely N-dealkylation sites (tertiary alicyclic amines) is 1. The molecular formula is C20H30F3IN4O. The number of hydrogen-bond donors (Lipinski definition) is 1. The van der Waals surface area contributed by atoms with Gasteiger partial charge in [0.25, 0.3) is 0 Å². The van der Waals surface area contributed by atoms with Crippen molar-refractivity contribution in [1.29, 1.82) is 0 Å². The first-order valence-corrected chi connectivity index (χ1v) is 9.56. The Bertz CT molecular complexity index is 679. The first-order chi connectivity index (χ1) is 13.2. The highest BCUT2D eigenvalue weighted by atomic mass is 127. The minimum atomic E-state index is -4.33. The van der Waals surface area contributed by atoms with E-state index in [0.29, 0.717) is 31.4 Å². The zero-order valence-corrected chi connectivity index (χ0v) is 19.5. The molecule has 1 aromatic rings. The molecule has 1 N–H and O–H groups in total. The standard InChI is InChI=1S/C20H29F3N4O.HI/c1-15-5-4-12-27(13-15)18(28)10-11-25-19(24-2)26(3)14-16-6-8-17(9-7-16)20(21,22)23;/h6-9,15H,4-5,10-14H2,1-3H3,(H,24,25);1H. The molecule has 1 amide bonds. The van der Waals surface area contributed by atoms with Crippen molar-refractivity contribution < 1.29 is 18.0 Å². The van der Waals surface area contributed by atoms with E-state index in [0.717, 1.165) is 37.2 Å². The second-order valence-corrected chi connectivity index (χ2v) is 7.36. The summed E-state index contributed by atoms with van der Waals surface area (Å²) in [6, 6.07) is 5.09. The van der Waals surface area contributed by atoms with Crippen LogP contribution >= 0.6 is 24.0 Å². The van der Waals surface area contributed by atoms with E-state index in [1.807, 2.05) is 9.80 Å². The van der Waals surface area contributed by atoms with Crippen LogP contribution in [0.1, 0.15) is 37.3 Å². The Kier molecular flexibility index (Phi) is 10.2. The van der Waals surface area contributed by atoms with Crippen molar-refractivity contribution in [3.63, 3.8) is 0 Å². The number of nitrogens with one attached hydrogen (secondary N) is 1. The Balaban J connectivity index is 0.00000420. The van der Waals surface area contributed by atoms with Gasteiger partial charge in [0.15, 0.2) is 5.96 Å². The van der Waals surface area contributed by atoms with Crippen LogP contribution < -0.4 is 5.32 Å². The van der Waals surface area contributed by atoms with Crippen molar-refractivity contribution in [3.8, 4) is 0 Å². The number of carbonyl (C=O) groups is 1. The Morgan fingerprint density at radius 3 is 2.52 bits per heavy atom. The summed E-state index contributed by atoms with van der Waals surface area (Å²) in [5.41, 5.74) is 0.0868. The number of nitrogens with zero attached hydrogens (tertiary/aromatic N) is 3. The minimum Gasteiger partial charge on any atom is -0.356 e. The van der Waals surface area contributed by atoms with Crippen LogP contribution in [0.25, 0.3) is 0 Å². The van der Waals surface area contributed by atoms with Crippen molar-refractivity contribution in [1.82, 2.24) is 15.1 Å². The van der Waals surface area contributed by atoms with Gasteiger partial charge in [-0.1, -0.05) is 19.1 Å². The lowest BCUT2D eigenvalue weighted by Crippen LogP contribution is -2.42. The number of halogens is 4. The van der Waals surface area contributed by atoms with Gasteiger partial charge in [0.2, 0.25) is 5.91 Å². The van der Waals surface area contributed by atoms with Gasteiger partial charge in [0, 0.05) is 46.7 Å². The third-order valence-electron chi connectivity index (χ3n) is 4.91. The first-order valence-electron chi connectivity index (χ1n) is 9.56. The van der Waals surface area contributed by atoms with Gasteiger partial charge in [-0.15, -0.1) is 24.0 Å². The van der Waals surface area contributed by atoms with Gasteiger partial charge in [-0.05, 0) is 36.5 Å². The second-order valence-electron chi connectivity index (χ2n) is 7.36. The minimum absolute atomic E-state index is 0. The van der Waals surface area contributed by atoms with Crippen LogP contribution in [0.2, 0.25) is 0 Å². The maximum atomic E-state index is 12.7. The van der Waals surface area contributed by atoms with Crippen LogP contribution in [-0.4, -0.2) is 55.4 Å². The number of hydrogen-bond acceptors (Lipinski definition) is 2. The maximum absolute atomic E-state index is 12.7. The van der Waals surface area contributed by atoms with Crippen molar-refractivity contribution in [2.45, 2.75) is 38.9 Å². The molecule has 1 aliphatic rings. The lowest BCUT2D eigenvalue weighted by Gasteiger charge is -2.31. The maximum Gasteiger partial charge on any atom is 0.416 e. The largest absolute Gasteiger partial charge is 0.416 e. The molecule has 0 spiro atoms. The number of benzene rings is 1. The highest BCUT2D eigenvalue weighted by Crippen LogP contribution is 2.29. The van der Waals surface area contributed by atoms with Gasteiger partial charge in [0.1, 0.15) is 0 Å². The summed E-state index contributed by atoms with van der Waals surface area (Å²) in [4.78, 5) is 20.3. The molecule has 29 heavy (non-hydrogen) atoms. The highest BCUT2D eigenvalue weighted by Gasteiger charge is 2.30. The Hall–Kier alpha value is -1.52. The molecule has 9 heteroatoms. The second kappa shape index (κ2) is 11.6. The molecule has 0 aliphatic carbocycles. The highest BCUT2D eigenvalue weighted by molar-refractivity contribution is 14.0. The normalized spacial score (nSPS) is 17.5. The lowest BCUT2D eigenvalue weighted by molar-refractivity contribution is -0.137. The lowest BCUT2D eigenvalue weighted by atomic mass is 10.00. The molecule has 5 nitrogen and oxygen atoms in total. The van der Waals surface area contributed by atoms with Crippen molar-refractivity contribution in [2.75, 3.05) is 33.7 Å². The molecule has 164 valence electrons. The number of guanidine groups is 1. The summed E-state index contributed by atoms with van der Waals surface area (Å²) in [7, 11) is 3.45. The number of amides is 1. The fraction of sp³-hybridized carbons (Fsp3) is 0.600. The number of piperidine rings is 1. The zero-order chi connectivity index (χ0) is 20.7. The molecule has 0 aromatic heterocycles. The predicted molar refractivity (Wildman–Crippen MR) is 119 cm³/mol. The predicted octanol–water partition coefficient (Wildman–Crippen LogP) is 3.98. The van der Waals surface area contributed by atoms with Gasteiger partial charge in [-0.2, -0.15) is 13.2 Å². The first kappa shape index (κ1) is 25.5. The number of alkyl halides is 3. The third kappa shape index (κ3) is 8.02. The molecule has 0 saturated carbocycles. The smallest absolute Gasteiger partial charge is 0.356 e. The van der Waals surface area contributed by atoms with Crippen LogP contribution in [0.4, 0.5) is 13.2 Å². The Morgan fingerprint density at radius 1 is 1.31 bits per heavy atom. The summed E-state index contributed by atoms with van der Waals surface area (Å²) in [5, 5.41) is 3.15. The van der Waals surface area contributed by atoms with E-state index in [4.69, 9.17) is 0 Å². The van der Waals surface area contributed by atoms with Crippen LogP contribution in [0, 0.1) is 5.92 Å². The molecule has 1 unspecified atom stereocenters. The summed E-state index contributed by atoms with van der Waals surface area (Å²) in [6.45, 7) is 4.69. The monoisotopic (exact) mass is 526 g/mol. The van der Waals surface area contributed by atoms with E-state index in [1.54, 1.807) is 14.1 Å². The Morgan fingerprint density at radius 2 is 1.97 bits per heavy atom. The van der Waals surface area contributed by atoms with E-state index < -0.39 is 11.7 Å². The molecule has 1 heterocycles. The van der Waals surface area contributed by atoms with Crippen LogP contribution in [0.5, 0.6) is 0 Å². The molecule has 1 saturated heterocycles. The summed E-state index contributed by atoms with van der Waals surface area (Å²) in [5.74, 6) is 1.29. The van der Waals surface area contributed by atoms with Crippen LogP contribution in [0.3, 0.4) is 0 Å². The van der Waals surface area contributed by atoms with E-state index in [9.17, 15) is 18.0 Å². The number of carbonyl (C=O) groups excluding carboxylic acids is 1. The summed E-state index contributed by atoms with van der Waals surface area (Å²) in [6.07, 6.45) is -1.72. The quantitative estimate of drug-likeness (QED) is 0.359. The van der Waals surface area contributed by atoms with E-state index >= 15 is 0 Å². The summed E-state index contributed by atoms with van der Waals surface area (Å²) < 4.78 is 38.0. The van der Waals surface area contributed by atoms with E-state index in [-0.39, 0.29) is 29.9 Å². The molecule has 1 aliphatic heterocycles. The van der Waals surface area contributed by atoms with Gasteiger partial charge < -0.3 is 15.1 Å². The molecule has 1 atom stereocenters. The zero-order valence-electron chi connectivity index (χ0n) is 17.1. The fourth-order valence-corrected chi connectivity index (χ4v) is 3.39. The molecular weight excluding hydrogens is 496 g/mol. The van der Waals surface area contributed by atoms with E-state index in [1.165, 1.54) is 18.6 Å². The van der Waals surface area contributed by atoms with Crippen molar-refractivity contribution in [3.05, 3.63) is 35.4 Å². The number of rotatable bonds is 5. The molecule has 1 aromatic carbocycles. The SMILES string of the molecule is CN=C(NCCC(=O)N1CCCC(C)C1)N(C)Cc1ccc(C(F)(F)F)cc1.I. The van der Waals surface area contributed by atoms with Gasteiger partial charge >= 0.3 is 6.18 Å². The topological polar surface area (TPSA) is 47.9 Å².